The lowest BCUT2D eigenvalue weighted by Crippen LogP contribution is -2.71. The van der Waals surface area contributed by atoms with Crippen molar-refractivity contribution in [3.8, 4) is 0 Å². The number of amides is 3. The highest BCUT2D eigenvalue weighted by atomic mass is 32.2. The molecule has 15 nitrogen and oxygen atoms in total. The first-order valence-corrected chi connectivity index (χ1v) is 18.7. The van der Waals surface area contributed by atoms with Crippen molar-refractivity contribution in [1.82, 2.24) is 15.2 Å². The standard InChI is InChI=1S/C32H33N5O10S3/c1-32(2,3)46-31(41)35-30-33-20(16-49-30)22(36-44-4)26(38)34-23-27(39)37-24(21(17-48-28(23)37)47-50(5,42)43)29(40)45-25(18-12-8-6-9-13-18)19-14-10-7-11-15-19/h6-16,23,25,28H,17H2,1-5H3,(H,34,38)(H,33,35,41)/b36-22+/t23-,28-/m1/s1. The summed E-state index contributed by atoms with van der Waals surface area (Å²) >= 11 is 2.08. The Morgan fingerprint density at radius 3 is 2.22 bits per heavy atom. The van der Waals surface area contributed by atoms with Gasteiger partial charge >= 0.3 is 22.2 Å². The van der Waals surface area contributed by atoms with E-state index in [0.29, 0.717) is 11.1 Å². The SMILES string of the molecule is CO/N=C(/C(=O)N[C@@H]1C(=O)N2C(C(=O)OC(c3ccccc3)c3ccccc3)=C(OS(C)(=O)=O)CS[C@H]12)c1csc(NC(=O)OC(C)(C)C)n1. The van der Waals surface area contributed by atoms with Crippen molar-refractivity contribution in [3.63, 3.8) is 0 Å². The average Bonchev–Trinajstić information content (AvgIpc) is 3.51. The van der Waals surface area contributed by atoms with E-state index in [2.05, 4.69) is 20.8 Å². The number of fused-ring (bicyclic) bond motifs is 1. The summed E-state index contributed by atoms with van der Waals surface area (Å²) in [5.74, 6) is -2.98. The first kappa shape index (κ1) is 36.3. The summed E-state index contributed by atoms with van der Waals surface area (Å²) < 4.78 is 40.7. The molecule has 2 aliphatic heterocycles. The molecule has 0 radical (unpaired) electrons. The number of β-lactam (4-membered cyclic amide) rings is 1. The van der Waals surface area contributed by atoms with Crippen LogP contribution in [-0.2, 0) is 43.0 Å². The molecule has 0 unspecified atom stereocenters. The van der Waals surface area contributed by atoms with Crippen LogP contribution in [0.25, 0.3) is 0 Å². The van der Waals surface area contributed by atoms with E-state index in [0.717, 1.165) is 34.3 Å². The van der Waals surface area contributed by atoms with Crippen LogP contribution in [0, 0.1) is 0 Å². The molecule has 5 rings (SSSR count). The molecule has 1 aromatic heterocycles. The van der Waals surface area contributed by atoms with Crippen LogP contribution >= 0.6 is 23.1 Å². The molecule has 0 bridgehead atoms. The van der Waals surface area contributed by atoms with Crippen LogP contribution in [0.1, 0.15) is 43.7 Å². The fourth-order valence-electron chi connectivity index (χ4n) is 4.91. The van der Waals surface area contributed by atoms with Gasteiger partial charge in [-0.15, -0.1) is 23.1 Å². The Kier molecular flexibility index (Phi) is 10.8. The van der Waals surface area contributed by atoms with E-state index in [9.17, 15) is 27.6 Å². The lowest BCUT2D eigenvalue weighted by Gasteiger charge is -2.49. The molecule has 2 aromatic carbocycles. The van der Waals surface area contributed by atoms with Gasteiger partial charge < -0.3 is 23.8 Å². The van der Waals surface area contributed by atoms with Crippen molar-refractivity contribution in [2.24, 2.45) is 5.16 Å². The minimum Gasteiger partial charge on any atom is -0.448 e. The third kappa shape index (κ3) is 8.61. The van der Waals surface area contributed by atoms with Gasteiger partial charge in [0, 0.05) is 5.38 Å². The zero-order valence-corrected chi connectivity index (χ0v) is 29.9. The monoisotopic (exact) mass is 743 g/mol. The van der Waals surface area contributed by atoms with Crippen LogP contribution in [0.15, 0.2) is 82.7 Å². The minimum atomic E-state index is -4.11. The number of hydrogen-bond acceptors (Lipinski definition) is 14. The Labute approximate surface area is 296 Å². The lowest BCUT2D eigenvalue weighted by atomic mass is 10.0. The molecule has 0 saturated carbocycles. The van der Waals surface area contributed by atoms with Gasteiger partial charge in [0.05, 0.1) is 12.0 Å². The maximum atomic E-state index is 13.9. The van der Waals surface area contributed by atoms with Gasteiger partial charge in [0.1, 0.15) is 29.8 Å². The first-order chi connectivity index (χ1) is 23.6. The van der Waals surface area contributed by atoms with Crippen LogP contribution < -0.4 is 10.6 Å². The number of anilines is 1. The number of thiazole rings is 1. The second-order valence-electron chi connectivity index (χ2n) is 11.8. The molecule has 2 aliphatic rings. The summed E-state index contributed by atoms with van der Waals surface area (Å²) in [6.07, 6.45) is -0.832. The molecule has 3 heterocycles. The number of carbonyl (C=O) groups excluding carboxylic acids is 4. The smallest absolute Gasteiger partial charge is 0.413 e. The molecule has 2 N–H and O–H groups in total. The Balaban J connectivity index is 1.37. The van der Waals surface area contributed by atoms with Crippen LogP contribution in [0.4, 0.5) is 9.93 Å². The number of rotatable bonds is 11. The Bertz CT molecular complexity index is 1900. The Morgan fingerprint density at radius 1 is 1.04 bits per heavy atom. The maximum Gasteiger partial charge on any atom is 0.413 e. The number of ether oxygens (including phenoxy) is 2. The summed E-state index contributed by atoms with van der Waals surface area (Å²) in [6, 6.07) is 16.6. The van der Waals surface area contributed by atoms with Crippen molar-refractivity contribution in [3.05, 3.63) is 94.3 Å². The summed E-state index contributed by atoms with van der Waals surface area (Å²) in [5.41, 5.74) is -0.121. The third-order valence-corrected chi connectivity index (χ3v) is 9.36. The molecule has 1 fully saturated rings. The van der Waals surface area contributed by atoms with Gasteiger partial charge in [-0.05, 0) is 31.9 Å². The molecule has 0 aliphatic carbocycles. The van der Waals surface area contributed by atoms with Crippen LogP contribution in [-0.4, -0.2) is 84.0 Å². The van der Waals surface area contributed by atoms with E-state index in [1.165, 1.54) is 12.5 Å². The molecule has 3 amide bonds. The predicted octanol–water partition coefficient (Wildman–Crippen LogP) is 3.76. The minimum absolute atomic E-state index is 0.0428. The number of oxime groups is 1. The Hall–Kier alpha value is -4.94. The number of nitrogens with one attached hydrogen (secondary N) is 2. The average molecular weight is 744 g/mol. The van der Waals surface area contributed by atoms with Crippen molar-refractivity contribution in [2.45, 2.75) is 43.9 Å². The number of nitrogens with zero attached hydrogens (tertiary/aromatic N) is 3. The summed E-state index contributed by atoms with van der Waals surface area (Å²) in [5, 5.41) is 9.60. The van der Waals surface area contributed by atoms with Gasteiger partial charge in [0.15, 0.2) is 28.4 Å². The van der Waals surface area contributed by atoms with Gasteiger partial charge in [-0.1, -0.05) is 65.8 Å². The molecule has 2 atom stereocenters. The third-order valence-electron chi connectivity index (χ3n) is 6.85. The predicted molar refractivity (Wildman–Crippen MR) is 184 cm³/mol. The topological polar surface area (TPSA) is 192 Å². The zero-order valence-electron chi connectivity index (χ0n) is 27.4. The van der Waals surface area contributed by atoms with Crippen LogP contribution in [0.2, 0.25) is 0 Å². The van der Waals surface area contributed by atoms with Gasteiger partial charge in [0.2, 0.25) is 0 Å². The van der Waals surface area contributed by atoms with Gasteiger partial charge in [0.25, 0.3) is 11.8 Å². The summed E-state index contributed by atoms with van der Waals surface area (Å²) in [4.78, 5) is 63.3. The number of aromatic nitrogens is 1. The molecular weight excluding hydrogens is 711 g/mol. The van der Waals surface area contributed by atoms with E-state index in [1.807, 2.05) is 0 Å². The van der Waals surface area contributed by atoms with Gasteiger partial charge in [-0.2, -0.15) is 8.42 Å². The van der Waals surface area contributed by atoms with Crippen molar-refractivity contribution < 1.29 is 46.1 Å². The van der Waals surface area contributed by atoms with Crippen LogP contribution in [0.5, 0.6) is 0 Å². The highest BCUT2D eigenvalue weighted by Crippen LogP contribution is 2.42. The molecule has 264 valence electrons. The summed E-state index contributed by atoms with van der Waals surface area (Å²) in [7, 11) is -2.89. The quantitative estimate of drug-likeness (QED) is 0.0952. The van der Waals surface area contributed by atoms with Crippen molar-refractivity contribution in [2.75, 3.05) is 24.4 Å². The number of carbonyl (C=O) groups is 4. The molecule has 0 spiro atoms. The molecule has 3 aromatic rings. The molecule has 18 heteroatoms. The first-order valence-electron chi connectivity index (χ1n) is 14.9. The highest BCUT2D eigenvalue weighted by molar-refractivity contribution is 8.00. The number of benzene rings is 2. The molecule has 1 saturated heterocycles. The van der Waals surface area contributed by atoms with E-state index < -0.39 is 62.8 Å². The highest BCUT2D eigenvalue weighted by Gasteiger charge is 2.56. The normalized spacial score (nSPS) is 17.8. The van der Waals surface area contributed by atoms with E-state index in [4.69, 9.17) is 18.5 Å². The van der Waals surface area contributed by atoms with E-state index >= 15 is 0 Å². The molecule has 50 heavy (non-hydrogen) atoms. The van der Waals surface area contributed by atoms with E-state index in [-0.39, 0.29) is 28.0 Å². The fourth-order valence-corrected chi connectivity index (χ4v) is 7.42. The largest absolute Gasteiger partial charge is 0.448 e. The molecular formula is C32H33N5O10S3. The van der Waals surface area contributed by atoms with Crippen molar-refractivity contribution >= 4 is 67.9 Å². The van der Waals surface area contributed by atoms with Crippen molar-refractivity contribution in [1.29, 1.82) is 0 Å². The van der Waals surface area contributed by atoms with Gasteiger partial charge in [-0.3, -0.25) is 19.8 Å². The second-order valence-corrected chi connectivity index (χ2v) is 15.4. The zero-order chi connectivity index (χ0) is 36.2. The lowest BCUT2D eigenvalue weighted by molar-refractivity contribution is -0.154. The van der Waals surface area contributed by atoms with Crippen LogP contribution in [0.3, 0.4) is 0 Å². The van der Waals surface area contributed by atoms with E-state index in [1.54, 1.807) is 81.4 Å². The fraction of sp³-hybridized carbons (Fsp3) is 0.312. The van der Waals surface area contributed by atoms with Gasteiger partial charge in [-0.25, -0.2) is 14.6 Å². The Morgan fingerprint density at radius 2 is 1.66 bits per heavy atom. The number of thioether (sulfide) groups is 1. The maximum absolute atomic E-state index is 13.9. The second kappa shape index (κ2) is 14.9. The number of hydrogen-bond donors (Lipinski definition) is 2. The summed E-state index contributed by atoms with van der Waals surface area (Å²) in [6.45, 7) is 5.11. The number of esters is 1.